The van der Waals surface area contributed by atoms with E-state index in [-0.39, 0.29) is 30.4 Å². The minimum atomic E-state index is -0.281. The molecular weight excluding hydrogens is 306 g/mol. The van der Waals surface area contributed by atoms with E-state index >= 15 is 0 Å². The highest BCUT2D eigenvalue weighted by molar-refractivity contribution is 5.81. The molecule has 0 saturated heterocycles. The zero-order valence-electron chi connectivity index (χ0n) is 14.1. The molecule has 24 heavy (non-hydrogen) atoms. The Balaban J connectivity index is 1.73. The smallest absolute Gasteiger partial charge is 0.326 e. The molecule has 0 aliphatic heterocycles. The van der Waals surface area contributed by atoms with Crippen LogP contribution >= 0.6 is 0 Å². The lowest BCUT2D eigenvalue weighted by atomic mass is 10.3. The number of nitrogens with zero attached hydrogens (tertiary/aromatic N) is 2. The summed E-state index contributed by atoms with van der Waals surface area (Å²) in [6.07, 6.45) is 2.42. The standard InChI is InChI=1S/C18H23N3O3/c1-12(2)24-17(22)11-21-15-6-4-3-5-14(15)20-16(21)9-10-19-18(23)13-7-8-13/h3-6,12-13H,7-11H2,1-2H3,(H,19,23). The Hall–Kier alpha value is -2.37. The number of fused-ring (bicyclic) bond motifs is 1. The molecule has 1 heterocycles. The monoisotopic (exact) mass is 329 g/mol. The van der Waals surface area contributed by atoms with Gasteiger partial charge in [0.1, 0.15) is 12.4 Å². The van der Waals surface area contributed by atoms with Gasteiger partial charge in [-0.1, -0.05) is 12.1 Å². The van der Waals surface area contributed by atoms with Crippen LogP contribution in [0, 0.1) is 5.92 Å². The summed E-state index contributed by atoms with van der Waals surface area (Å²) in [4.78, 5) is 28.4. The van der Waals surface area contributed by atoms with E-state index in [2.05, 4.69) is 10.3 Å². The minimum Gasteiger partial charge on any atom is -0.462 e. The fourth-order valence-electron chi connectivity index (χ4n) is 2.71. The van der Waals surface area contributed by atoms with Crippen LogP contribution in [0.25, 0.3) is 11.0 Å². The normalized spacial score (nSPS) is 14.1. The van der Waals surface area contributed by atoms with Gasteiger partial charge in [0.25, 0.3) is 0 Å². The van der Waals surface area contributed by atoms with Crippen LogP contribution in [0.5, 0.6) is 0 Å². The first-order valence-corrected chi connectivity index (χ1v) is 8.46. The molecule has 1 amide bonds. The molecular formula is C18H23N3O3. The van der Waals surface area contributed by atoms with Crippen LogP contribution in [0.1, 0.15) is 32.5 Å². The maximum Gasteiger partial charge on any atom is 0.326 e. The number of rotatable bonds is 7. The lowest BCUT2D eigenvalue weighted by Crippen LogP contribution is -2.28. The number of hydrogen-bond donors (Lipinski definition) is 1. The van der Waals surface area contributed by atoms with Gasteiger partial charge < -0.3 is 14.6 Å². The first-order chi connectivity index (χ1) is 11.5. The van der Waals surface area contributed by atoms with Crippen LogP contribution in [-0.4, -0.2) is 34.1 Å². The Morgan fingerprint density at radius 3 is 2.79 bits per heavy atom. The zero-order valence-corrected chi connectivity index (χ0v) is 14.1. The van der Waals surface area contributed by atoms with Gasteiger partial charge in [-0.2, -0.15) is 0 Å². The number of esters is 1. The molecule has 1 fully saturated rings. The number of amides is 1. The number of ether oxygens (including phenoxy) is 1. The number of para-hydroxylation sites is 2. The van der Waals surface area contributed by atoms with E-state index in [1.165, 1.54) is 0 Å². The van der Waals surface area contributed by atoms with Crippen molar-refractivity contribution in [3.8, 4) is 0 Å². The second-order valence-corrected chi connectivity index (χ2v) is 6.46. The Morgan fingerprint density at radius 2 is 2.08 bits per heavy atom. The average Bonchev–Trinajstić information content (AvgIpc) is 3.32. The number of hydrogen-bond acceptors (Lipinski definition) is 4. The van der Waals surface area contributed by atoms with Crippen molar-refractivity contribution in [2.75, 3.05) is 6.54 Å². The Morgan fingerprint density at radius 1 is 1.33 bits per heavy atom. The molecule has 3 rings (SSSR count). The minimum absolute atomic E-state index is 0.122. The number of nitrogens with one attached hydrogen (secondary N) is 1. The van der Waals surface area contributed by atoms with Gasteiger partial charge in [-0.3, -0.25) is 9.59 Å². The molecule has 1 aliphatic carbocycles. The summed E-state index contributed by atoms with van der Waals surface area (Å²) >= 11 is 0. The molecule has 1 N–H and O–H groups in total. The van der Waals surface area contributed by atoms with Gasteiger partial charge >= 0.3 is 5.97 Å². The van der Waals surface area contributed by atoms with Crippen molar-refractivity contribution in [2.24, 2.45) is 5.92 Å². The van der Waals surface area contributed by atoms with Gasteiger partial charge in [0.15, 0.2) is 0 Å². The van der Waals surface area contributed by atoms with Crippen molar-refractivity contribution in [1.82, 2.24) is 14.9 Å². The summed E-state index contributed by atoms with van der Waals surface area (Å²) in [5.41, 5.74) is 1.75. The predicted octanol–water partition coefficient (Wildman–Crippen LogP) is 2.06. The maximum absolute atomic E-state index is 12.1. The van der Waals surface area contributed by atoms with Crippen molar-refractivity contribution in [1.29, 1.82) is 0 Å². The third-order valence-corrected chi connectivity index (χ3v) is 3.98. The van der Waals surface area contributed by atoms with E-state index < -0.39 is 0 Å². The molecule has 2 aromatic rings. The quantitative estimate of drug-likeness (QED) is 0.789. The number of carbonyl (C=O) groups excluding carboxylic acids is 2. The predicted molar refractivity (Wildman–Crippen MR) is 90.4 cm³/mol. The molecule has 1 saturated carbocycles. The van der Waals surface area contributed by atoms with Crippen LogP contribution in [-0.2, 0) is 27.3 Å². The first-order valence-electron chi connectivity index (χ1n) is 8.46. The van der Waals surface area contributed by atoms with E-state index in [4.69, 9.17) is 4.74 Å². The van der Waals surface area contributed by atoms with Crippen molar-refractivity contribution in [3.63, 3.8) is 0 Å². The number of carbonyl (C=O) groups is 2. The van der Waals surface area contributed by atoms with Crippen molar-refractivity contribution in [2.45, 2.75) is 45.8 Å². The van der Waals surface area contributed by atoms with Gasteiger partial charge in [0, 0.05) is 18.9 Å². The third kappa shape index (κ3) is 3.93. The number of benzene rings is 1. The SMILES string of the molecule is CC(C)OC(=O)Cn1c(CCNC(=O)C2CC2)nc2ccccc21. The van der Waals surface area contributed by atoms with Crippen LogP contribution in [0.3, 0.4) is 0 Å². The van der Waals surface area contributed by atoms with Crippen molar-refractivity contribution >= 4 is 22.9 Å². The lowest BCUT2D eigenvalue weighted by molar-refractivity contribution is -0.148. The largest absolute Gasteiger partial charge is 0.462 e. The molecule has 0 bridgehead atoms. The van der Waals surface area contributed by atoms with E-state index in [9.17, 15) is 9.59 Å². The second kappa shape index (κ2) is 7.03. The lowest BCUT2D eigenvalue weighted by Gasteiger charge is -2.11. The summed E-state index contributed by atoms with van der Waals surface area (Å²) in [6, 6.07) is 7.71. The molecule has 0 radical (unpaired) electrons. The summed E-state index contributed by atoms with van der Waals surface area (Å²) in [5, 5.41) is 2.94. The third-order valence-electron chi connectivity index (χ3n) is 3.98. The highest BCUT2D eigenvalue weighted by atomic mass is 16.5. The number of imidazole rings is 1. The van der Waals surface area contributed by atoms with Crippen LogP contribution in [0.15, 0.2) is 24.3 Å². The fraction of sp³-hybridized carbons (Fsp3) is 0.500. The zero-order chi connectivity index (χ0) is 17.1. The molecule has 6 heteroatoms. The van der Waals surface area contributed by atoms with Gasteiger partial charge in [0.2, 0.25) is 5.91 Å². The molecule has 6 nitrogen and oxygen atoms in total. The first kappa shape index (κ1) is 16.5. The molecule has 1 aromatic heterocycles. The summed E-state index contributed by atoms with van der Waals surface area (Å²) < 4.78 is 7.13. The van der Waals surface area contributed by atoms with Crippen LogP contribution in [0.2, 0.25) is 0 Å². The van der Waals surface area contributed by atoms with E-state index in [1.807, 2.05) is 42.7 Å². The maximum atomic E-state index is 12.1. The van der Waals surface area contributed by atoms with E-state index in [1.54, 1.807) is 0 Å². The molecule has 1 aromatic carbocycles. The van der Waals surface area contributed by atoms with E-state index in [0.29, 0.717) is 13.0 Å². The molecule has 0 spiro atoms. The Kier molecular flexibility index (Phi) is 4.83. The van der Waals surface area contributed by atoms with Crippen molar-refractivity contribution < 1.29 is 14.3 Å². The van der Waals surface area contributed by atoms with E-state index in [0.717, 1.165) is 29.7 Å². The summed E-state index contributed by atoms with van der Waals surface area (Å²) in [6.45, 7) is 4.32. The molecule has 0 unspecified atom stereocenters. The number of aromatic nitrogens is 2. The molecule has 1 aliphatic rings. The Labute approximate surface area is 141 Å². The molecule has 128 valence electrons. The van der Waals surface area contributed by atoms with Gasteiger partial charge in [-0.15, -0.1) is 0 Å². The van der Waals surface area contributed by atoms with Crippen LogP contribution < -0.4 is 5.32 Å². The summed E-state index contributed by atoms with van der Waals surface area (Å²) in [5.74, 6) is 0.825. The average molecular weight is 329 g/mol. The highest BCUT2D eigenvalue weighted by Gasteiger charge is 2.29. The summed E-state index contributed by atoms with van der Waals surface area (Å²) in [7, 11) is 0. The topological polar surface area (TPSA) is 73.2 Å². The molecule has 0 atom stereocenters. The van der Waals surface area contributed by atoms with Gasteiger partial charge in [0.05, 0.1) is 17.1 Å². The van der Waals surface area contributed by atoms with Gasteiger partial charge in [-0.05, 0) is 38.8 Å². The Bertz CT molecular complexity index is 747. The van der Waals surface area contributed by atoms with Crippen LogP contribution in [0.4, 0.5) is 0 Å². The van der Waals surface area contributed by atoms with Gasteiger partial charge in [-0.25, -0.2) is 4.98 Å². The fourth-order valence-corrected chi connectivity index (χ4v) is 2.71. The van der Waals surface area contributed by atoms with Crippen molar-refractivity contribution in [3.05, 3.63) is 30.1 Å². The second-order valence-electron chi connectivity index (χ2n) is 6.46. The highest BCUT2D eigenvalue weighted by Crippen LogP contribution is 2.28.